The Morgan fingerprint density at radius 2 is 1.96 bits per heavy atom. The summed E-state index contributed by atoms with van der Waals surface area (Å²) in [7, 11) is 0. The third kappa shape index (κ3) is 4.76. The summed E-state index contributed by atoms with van der Waals surface area (Å²) in [4.78, 5) is 27.7. The van der Waals surface area contributed by atoms with Crippen LogP contribution in [0.25, 0.3) is 10.2 Å². The maximum Gasteiger partial charge on any atom is 0.223 e. The van der Waals surface area contributed by atoms with Gasteiger partial charge in [-0.15, -0.1) is 11.3 Å². The number of aryl methyl sites for hydroxylation is 1. The van der Waals surface area contributed by atoms with Crippen LogP contribution in [0, 0.1) is 5.92 Å². The second-order valence-electron chi connectivity index (χ2n) is 5.84. The molecule has 2 N–H and O–H groups in total. The van der Waals surface area contributed by atoms with Crippen LogP contribution in [0.3, 0.4) is 0 Å². The van der Waals surface area contributed by atoms with Gasteiger partial charge in [0.15, 0.2) is 0 Å². The van der Waals surface area contributed by atoms with E-state index in [1.807, 2.05) is 18.2 Å². The largest absolute Gasteiger partial charge is 0.354 e. The van der Waals surface area contributed by atoms with E-state index in [1.165, 1.54) is 4.70 Å². The van der Waals surface area contributed by atoms with E-state index in [9.17, 15) is 9.59 Å². The van der Waals surface area contributed by atoms with Gasteiger partial charge < -0.3 is 10.6 Å². The van der Waals surface area contributed by atoms with Crippen LogP contribution in [0.1, 0.15) is 30.7 Å². The first-order valence-electron chi connectivity index (χ1n) is 8.11. The van der Waals surface area contributed by atoms with Gasteiger partial charge in [-0.3, -0.25) is 9.59 Å². The summed E-state index contributed by atoms with van der Waals surface area (Å²) in [6.07, 6.45) is 4.12. The van der Waals surface area contributed by atoms with Gasteiger partial charge in [0.05, 0.1) is 15.2 Å². The summed E-state index contributed by atoms with van der Waals surface area (Å²) in [6, 6.07) is 8.08. The monoisotopic (exact) mass is 331 g/mol. The van der Waals surface area contributed by atoms with Gasteiger partial charge in [0.1, 0.15) is 0 Å². The van der Waals surface area contributed by atoms with Crippen LogP contribution < -0.4 is 10.6 Å². The molecule has 2 aromatic rings. The summed E-state index contributed by atoms with van der Waals surface area (Å²) in [6.45, 7) is 1.01. The van der Waals surface area contributed by atoms with Gasteiger partial charge in [0.25, 0.3) is 0 Å². The van der Waals surface area contributed by atoms with Crippen LogP contribution in [-0.4, -0.2) is 29.9 Å². The standard InChI is InChI=1S/C17H21N3O2S/c21-15(18-10-11-19-17(22)12-8-9-12)6-3-7-16-20-13-4-1-2-5-14(13)23-16/h1-2,4-5,12H,3,6-11H2,(H,18,21)(H,19,22). The lowest BCUT2D eigenvalue weighted by molar-refractivity contribution is -0.123. The van der Waals surface area contributed by atoms with E-state index in [2.05, 4.69) is 21.7 Å². The first-order valence-corrected chi connectivity index (χ1v) is 8.93. The number of hydrogen-bond acceptors (Lipinski definition) is 4. The fourth-order valence-corrected chi connectivity index (χ4v) is 3.40. The highest BCUT2D eigenvalue weighted by Gasteiger charge is 2.28. The van der Waals surface area contributed by atoms with E-state index in [0.29, 0.717) is 19.5 Å². The molecule has 1 heterocycles. The van der Waals surface area contributed by atoms with Crippen LogP contribution in [0.4, 0.5) is 0 Å². The molecule has 0 aliphatic heterocycles. The molecule has 0 saturated heterocycles. The summed E-state index contributed by atoms with van der Waals surface area (Å²) in [5.74, 6) is 0.376. The number of rotatable bonds is 8. The number of carbonyl (C=O) groups excluding carboxylic acids is 2. The highest BCUT2D eigenvalue weighted by atomic mass is 32.1. The normalized spacial score (nSPS) is 13.9. The molecule has 0 atom stereocenters. The van der Waals surface area contributed by atoms with Gasteiger partial charge in [-0.2, -0.15) is 0 Å². The molecule has 0 bridgehead atoms. The van der Waals surface area contributed by atoms with Crippen molar-refractivity contribution < 1.29 is 9.59 Å². The minimum Gasteiger partial charge on any atom is -0.354 e. The third-order valence-electron chi connectivity index (χ3n) is 3.83. The van der Waals surface area contributed by atoms with Crippen molar-refractivity contribution in [1.29, 1.82) is 0 Å². The third-order valence-corrected chi connectivity index (χ3v) is 4.92. The lowest BCUT2D eigenvalue weighted by atomic mass is 10.2. The van der Waals surface area contributed by atoms with Crippen LogP contribution in [0.2, 0.25) is 0 Å². The maximum absolute atomic E-state index is 11.8. The minimum absolute atomic E-state index is 0.0341. The fourth-order valence-electron chi connectivity index (χ4n) is 2.39. The summed E-state index contributed by atoms with van der Waals surface area (Å²) in [5.41, 5.74) is 1.03. The number of fused-ring (bicyclic) bond motifs is 1. The number of carbonyl (C=O) groups is 2. The highest BCUT2D eigenvalue weighted by Crippen LogP contribution is 2.28. The molecular weight excluding hydrogens is 310 g/mol. The molecule has 5 nitrogen and oxygen atoms in total. The highest BCUT2D eigenvalue weighted by molar-refractivity contribution is 7.18. The average molecular weight is 331 g/mol. The zero-order valence-corrected chi connectivity index (χ0v) is 13.8. The number of aromatic nitrogens is 1. The van der Waals surface area contributed by atoms with E-state index in [1.54, 1.807) is 11.3 Å². The Morgan fingerprint density at radius 3 is 2.74 bits per heavy atom. The minimum atomic E-state index is 0.0341. The van der Waals surface area contributed by atoms with Gasteiger partial charge in [0, 0.05) is 25.4 Å². The van der Waals surface area contributed by atoms with E-state index in [4.69, 9.17) is 0 Å². The first-order chi connectivity index (χ1) is 11.2. The number of para-hydroxylation sites is 1. The fraction of sp³-hybridized carbons (Fsp3) is 0.471. The Morgan fingerprint density at radius 1 is 1.17 bits per heavy atom. The van der Waals surface area contributed by atoms with E-state index in [0.717, 1.165) is 36.2 Å². The van der Waals surface area contributed by atoms with Gasteiger partial charge in [0.2, 0.25) is 11.8 Å². The van der Waals surface area contributed by atoms with Gasteiger partial charge >= 0.3 is 0 Å². The second-order valence-corrected chi connectivity index (χ2v) is 6.96. The quantitative estimate of drug-likeness (QED) is 0.729. The molecule has 0 unspecified atom stereocenters. The number of benzene rings is 1. The number of thiazole rings is 1. The molecule has 1 aromatic heterocycles. The molecule has 6 heteroatoms. The maximum atomic E-state index is 11.8. The SMILES string of the molecule is O=C(CCCc1nc2ccccc2s1)NCCNC(=O)C1CC1. The van der Waals surface area contributed by atoms with Crippen LogP contribution in [0.15, 0.2) is 24.3 Å². The molecule has 3 rings (SSSR count). The van der Waals surface area contributed by atoms with Crippen molar-refractivity contribution in [2.75, 3.05) is 13.1 Å². The Bertz CT molecular complexity index is 661. The van der Waals surface area contributed by atoms with Crippen molar-refractivity contribution >= 4 is 33.4 Å². The predicted molar refractivity (Wildman–Crippen MR) is 91.3 cm³/mol. The molecule has 0 radical (unpaired) electrons. The number of amides is 2. The first kappa shape index (κ1) is 15.9. The number of nitrogens with zero attached hydrogens (tertiary/aromatic N) is 1. The summed E-state index contributed by atoms with van der Waals surface area (Å²) >= 11 is 1.69. The Balaban J connectivity index is 1.30. The molecule has 1 fully saturated rings. The van der Waals surface area contributed by atoms with Crippen molar-refractivity contribution in [2.45, 2.75) is 32.1 Å². The van der Waals surface area contributed by atoms with Crippen LogP contribution in [-0.2, 0) is 16.0 Å². The van der Waals surface area contributed by atoms with Crippen molar-refractivity contribution in [2.24, 2.45) is 5.92 Å². The lowest BCUT2D eigenvalue weighted by Crippen LogP contribution is -2.35. The van der Waals surface area contributed by atoms with Crippen molar-refractivity contribution in [1.82, 2.24) is 15.6 Å². The van der Waals surface area contributed by atoms with E-state index in [-0.39, 0.29) is 17.7 Å². The molecule has 0 spiro atoms. The molecule has 23 heavy (non-hydrogen) atoms. The van der Waals surface area contributed by atoms with Gasteiger partial charge in [-0.05, 0) is 37.8 Å². The predicted octanol–water partition coefficient (Wildman–Crippen LogP) is 2.26. The van der Waals surface area contributed by atoms with E-state index < -0.39 is 0 Å². The second kappa shape index (κ2) is 7.55. The van der Waals surface area contributed by atoms with Crippen molar-refractivity contribution in [3.8, 4) is 0 Å². The summed E-state index contributed by atoms with van der Waals surface area (Å²) in [5, 5.41) is 6.75. The lowest BCUT2D eigenvalue weighted by Gasteiger charge is -2.06. The molecule has 122 valence electrons. The Kier molecular flexibility index (Phi) is 5.23. The topological polar surface area (TPSA) is 71.1 Å². The molecule has 1 aliphatic carbocycles. The molecule has 2 amide bonds. The zero-order valence-electron chi connectivity index (χ0n) is 13.0. The zero-order chi connectivity index (χ0) is 16.1. The molecular formula is C17H21N3O2S. The summed E-state index contributed by atoms with van der Waals surface area (Å²) < 4.78 is 1.19. The van der Waals surface area contributed by atoms with Crippen LogP contribution in [0.5, 0.6) is 0 Å². The molecule has 1 aromatic carbocycles. The van der Waals surface area contributed by atoms with Crippen molar-refractivity contribution in [3.63, 3.8) is 0 Å². The number of hydrogen-bond donors (Lipinski definition) is 2. The average Bonchev–Trinajstić information content (AvgIpc) is 3.31. The molecule has 1 aliphatic rings. The van der Waals surface area contributed by atoms with Gasteiger partial charge in [-0.25, -0.2) is 4.98 Å². The number of nitrogens with one attached hydrogen (secondary N) is 2. The van der Waals surface area contributed by atoms with Crippen LogP contribution >= 0.6 is 11.3 Å². The smallest absolute Gasteiger partial charge is 0.223 e. The Hall–Kier alpha value is -1.95. The van der Waals surface area contributed by atoms with E-state index >= 15 is 0 Å². The Labute approximate surface area is 139 Å². The van der Waals surface area contributed by atoms with Gasteiger partial charge in [-0.1, -0.05) is 12.1 Å². The molecule has 1 saturated carbocycles. The van der Waals surface area contributed by atoms with Crippen molar-refractivity contribution in [3.05, 3.63) is 29.3 Å².